The summed E-state index contributed by atoms with van der Waals surface area (Å²) >= 11 is 0. The number of hydrogen-bond acceptors (Lipinski definition) is 20. The summed E-state index contributed by atoms with van der Waals surface area (Å²) < 4.78 is 60.9. The van der Waals surface area contributed by atoms with Crippen molar-refractivity contribution in [2.45, 2.75) is 221 Å². The zero-order chi connectivity index (χ0) is 49.0. The van der Waals surface area contributed by atoms with Crippen molar-refractivity contribution in [3.63, 3.8) is 0 Å². The monoisotopic (exact) mass is 972 g/mol. The van der Waals surface area contributed by atoms with E-state index in [4.69, 9.17) is 47.4 Å². The standard InChI is InChI=1S/C48H76O20/c1-20-10-15-47(68-41(20)59-7)22(3)48(58)31(67-47)17-28-26-9-8-24-16-25(11-13-45(24,5)27(26)12-14-46(28,48)6)62-44-40(66-42-36(55)34(53)32(51)21(2)61-42)38(57)39(29(18-49)63-44)65-43-37(56)35(54)33(52)30(64-43)19-60-23(4)50/h8,20-22,25-44,49,51-58H,9-19H2,1-7H3/t20-,21+,22-,25+,26-,27+,28+,29-,30-,31+,32+,33-,34-,35+,36-,37-,38+,39-,40-,41-,42+,43+,44-,45+,46+,47+,48-/m1/s1. The van der Waals surface area contributed by atoms with E-state index in [-0.39, 0.29) is 34.7 Å². The van der Waals surface area contributed by atoms with Crippen molar-refractivity contribution >= 4 is 5.97 Å². The van der Waals surface area contributed by atoms with Crippen LogP contribution >= 0.6 is 0 Å². The quantitative estimate of drug-likeness (QED) is 0.102. The number of allylic oxidation sites excluding steroid dienone is 1. The molecular formula is C48H76O20. The van der Waals surface area contributed by atoms with Gasteiger partial charge in [-0.05, 0) is 81.5 Å². The number of carbonyl (C=O) groups is 1. The molecular weight excluding hydrogens is 897 g/mol. The Kier molecular flexibility index (Phi) is 14.4. The Morgan fingerprint density at radius 2 is 1.41 bits per heavy atom. The van der Waals surface area contributed by atoms with Gasteiger partial charge in [0.1, 0.15) is 79.4 Å². The van der Waals surface area contributed by atoms with Crippen LogP contribution in [-0.4, -0.2) is 194 Å². The summed E-state index contributed by atoms with van der Waals surface area (Å²) in [6, 6.07) is 0. The highest BCUT2D eigenvalue weighted by Gasteiger charge is 2.76. The Morgan fingerprint density at radius 1 is 0.735 bits per heavy atom. The molecule has 20 heteroatoms. The first-order chi connectivity index (χ1) is 32.1. The second kappa shape index (κ2) is 19.1. The van der Waals surface area contributed by atoms with Crippen LogP contribution in [0.15, 0.2) is 11.6 Å². The van der Waals surface area contributed by atoms with Crippen molar-refractivity contribution < 1.29 is 98.1 Å². The Hall–Kier alpha value is -1.51. The van der Waals surface area contributed by atoms with Crippen molar-refractivity contribution in [1.82, 2.24) is 0 Å². The Bertz CT molecular complexity index is 1840. The first-order valence-corrected chi connectivity index (χ1v) is 24.9. The summed E-state index contributed by atoms with van der Waals surface area (Å²) in [5.41, 5.74) is -0.367. The number of aliphatic hydroxyl groups is 9. The second-order valence-corrected chi connectivity index (χ2v) is 22.1. The second-order valence-electron chi connectivity index (χ2n) is 22.1. The number of ether oxygens (including phenoxy) is 10. The smallest absolute Gasteiger partial charge is 0.302 e. The maximum Gasteiger partial charge on any atom is 0.302 e. The molecule has 9 rings (SSSR count). The number of esters is 1. The van der Waals surface area contributed by atoms with Gasteiger partial charge in [-0.3, -0.25) is 4.79 Å². The van der Waals surface area contributed by atoms with Gasteiger partial charge in [-0.2, -0.15) is 0 Å². The molecule has 20 nitrogen and oxygen atoms in total. The number of rotatable bonds is 10. The summed E-state index contributed by atoms with van der Waals surface area (Å²) in [6.45, 7) is 10.2. The lowest BCUT2D eigenvalue weighted by Gasteiger charge is -2.60. The van der Waals surface area contributed by atoms with Crippen LogP contribution in [0.2, 0.25) is 0 Å². The van der Waals surface area contributed by atoms with E-state index < -0.39 is 135 Å². The van der Waals surface area contributed by atoms with Gasteiger partial charge in [0.25, 0.3) is 0 Å². The normalized spacial score (nSPS) is 55.7. The van der Waals surface area contributed by atoms with Gasteiger partial charge in [-0.25, -0.2) is 0 Å². The van der Waals surface area contributed by atoms with Gasteiger partial charge in [0.05, 0.1) is 24.9 Å². The largest absolute Gasteiger partial charge is 0.463 e. The molecule has 0 amide bonds. The summed E-state index contributed by atoms with van der Waals surface area (Å²) in [4.78, 5) is 11.5. The zero-order valence-corrected chi connectivity index (χ0v) is 40.2. The highest BCUT2D eigenvalue weighted by molar-refractivity contribution is 5.65. The molecule has 0 bridgehead atoms. The molecule has 0 aromatic heterocycles. The van der Waals surface area contributed by atoms with Gasteiger partial charge in [0.2, 0.25) is 0 Å². The first kappa shape index (κ1) is 51.4. The van der Waals surface area contributed by atoms with Gasteiger partial charge in [-0.1, -0.05) is 39.3 Å². The van der Waals surface area contributed by atoms with E-state index in [9.17, 15) is 50.8 Å². The molecule has 8 fully saturated rings. The maximum atomic E-state index is 12.9. The SMILES string of the molecule is CO[C@@H]1O[C@]2(CC[C@H]1C)O[C@H]1C[C@H]3[C@@H]4CC=C5C[C@@H](O[C@@H]6O[C@H](CO)[C@@H](O[C@@H]7O[C@H](COC(C)=O)[C@@H](O)[C@H](O)[C@H]7O)[C@H](O)[C@H]6O[C@@H]6O[C@@H](C)[C@H](O)[C@@H](O)[C@H]6O)CC[C@]5(C)[C@H]4CC[C@]3(C)[C@@]1(O)[C@@H]2C. The van der Waals surface area contributed by atoms with Gasteiger partial charge in [0.15, 0.2) is 30.9 Å². The third kappa shape index (κ3) is 8.25. The minimum Gasteiger partial charge on any atom is -0.463 e. The summed E-state index contributed by atoms with van der Waals surface area (Å²) in [5, 5.41) is 100.0. The lowest BCUT2D eigenvalue weighted by molar-refractivity contribution is -0.389. The van der Waals surface area contributed by atoms with Crippen LogP contribution < -0.4 is 0 Å². The molecule has 0 radical (unpaired) electrons. The fourth-order valence-corrected chi connectivity index (χ4v) is 14.4. The fourth-order valence-electron chi connectivity index (χ4n) is 14.4. The van der Waals surface area contributed by atoms with Crippen molar-refractivity contribution in [1.29, 1.82) is 0 Å². The Labute approximate surface area is 397 Å². The molecule has 4 aliphatic carbocycles. The lowest BCUT2D eigenvalue weighted by Crippen LogP contribution is -2.67. The molecule has 27 atom stereocenters. The summed E-state index contributed by atoms with van der Waals surface area (Å²) in [6.07, 6.45) is -15.7. The predicted molar refractivity (Wildman–Crippen MR) is 231 cm³/mol. The van der Waals surface area contributed by atoms with E-state index in [1.54, 1.807) is 7.11 Å². The number of aliphatic hydroxyl groups excluding tert-OH is 8. The Balaban J connectivity index is 0.921. The molecule has 9 aliphatic rings. The molecule has 5 saturated heterocycles. The molecule has 5 heterocycles. The van der Waals surface area contributed by atoms with E-state index >= 15 is 0 Å². The molecule has 0 aromatic rings. The van der Waals surface area contributed by atoms with Crippen LogP contribution in [0.3, 0.4) is 0 Å². The van der Waals surface area contributed by atoms with Crippen molar-refractivity contribution in [3.8, 4) is 0 Å². The fraction of sp³-hybridized carbons (Fsp3) is 0.938. The zero-order valence-electron chi connectivity index (χ0n) is 40.2. The molecule has 68 heavy (non-hydrogen) atoms. The van der Waals surface area contributed by atoms with Crippen molar-refractivity contribution in [2.75, 3.05) is 20.3 Å². The minimum atomic E-state index is -1.87. The average Bonchev–Trinajstić information content (AvgIpc) is 3.66. The maximum absolute atomic E-state index is 12.9. The molecule has 3 saturated carbocycles. The average molecular weight is 973 g/mol. The molecule has 5 aliphatic heterocycles. The molecule has 0 unspecified atom stereocenters. The number of fused-ring (bicyclic) bond motifs is 7. The first-order valence-electron chi connectivity index (χ1n) is 24.9. The van der Waals surface area contributed by atoms with Crippen LogP contribution in [0.5, 0.6) is 0 Å². The van der Waals surface area contributed by atoms with Gasteiger partial charge in [-0.15, -0.1) is 0 Å². The highest BCUT2D eigenvalue weighted by Crippen LogP contribution is 2.72. The number of hydrogen-bond donors (Lipinski definition) is 9. The minimum absolute atomic E-state index is 0.165. The number of methoxy groups -OCH3 is 1. The molecule has 388 valence electrons. The predicted octanol–water partition coefficient (Wildman–Crippen LogP) is -0.128. The van der Waals surface area contributed by atoms with Crippen molar-refractivity contribution in [2.24, 2.45) is 40.4 Å². The van der Waals surface area contributed by atoms with Crippen LogP contribution in [0.25, 0.3) is 0 Å². The van der Waals surface area contributed by atoms with Crippen LogP contribution in [-0.2, 0) is 52.2 Å². The highest BCUT2D eigenvalue weighted by atomic mass is 16.8. The van der Waals surface area contributed by atoms with Gasteiger partial charge in [0, 0.05) is 37.7 Å². The third-order valence-electron chi connectivity index (χ3n) is 18.6. The summed E-state index contributed by atoms with van der Waals surface area (Å²) in [7, 11) is 1.66. The van der Waals surface area contributed by atoms with E-state index in [0.717, 1.165) is 45.4 Å². The molecule has 1 spiro atoms. The van der Waals surface area contributed by atoms with E-state index in [2.05, 4.69) is 33.8 Å². The third-order valence-corrected chi connectivity index (χ3v) is 18.6. The lowest BCUT2D eigenvalue weighted by atomic mass is 9.46. The number of carbonyl (C=O) groups excluding carboxylic acids is 1. The van der Waals surface area contributed by atoms with E-state index in [1.807, 2.05) is 0 Å². The van der Waals surface area contributed by atoms with Crippen LogP contribution in [0.1, 0.15) is 99.3 Å². The van der Waals surface area contributed by atoms with Crippen molar-refractivity contribution in [3.05, 3.63) is 11.6 Å². The Morgan fingerprint density at radius 3 is 2.10 bits per heavy atom. The van der Waals surface area contributed by atoms with Gasteiger partial charge < -0.3 is 93.3 Å². The molecule has 0 aromatic carbocycles. The summed E-state index contributed by atoms with van der Waals surface area (Å²) in [5.74, 6) is -0.705. The van der Waals surface area contributed by atoms with Crippen LogP contribution in [0, 0.1) is 40.4 Å². The van der Waals surface area contributed by atoms with Gasteiger partial charge >= 0.3 is 5.97 Å². The van der Waals surface area contributed by atoms with Crippen LogP contribution in [0.4, 0.5) is 0 Å². The topological polar surface area (TPSA) is 291 Å². The van der Waals surface area contributed by atoms with E-state index in [0.29, 0.717) is 31.1 Å². The van der Waals surface area contributed by atoms with E-state index in [1.165, 1.54) is 12.5 Å². The molecule has 9 N–H and O–H groups in total.